The summed E-state index contributed by atoms with van der Waals surface area (Å²) in [5.74, 6) is 1.61. The van der Waals surface area contributed by atoms with Crippen molar-refractivity contribution in [1.82, 2.24) is 0 Å². The number of furan rings is 1. The molecule has 0 aliphatic carbocycles. The Morgan fingerprint density at radius 3 is 2.32 bits per heavy atom. The van der Waals surface area contributed by atoms with Gasteiger partial charge in [0.05, 0.1) is 18.7 Å². The molecule has 1 heterocycles. The fourth-order valence-corrected chi connectivity index (χ4v) is 2.29. The molecule has 6 heteroatoms. The van der Waals surface area contributed by atoms with E-state index in [4.69, 9.17) is 13.9 Å². The zero-order valence-electron chi connectivity index (χ0n) is 10.3. The smallest absolute Gasteiger partial charge is 0.183 e. The van der Waals surface area contributed by atoms with E-state index >= 15 is 0 Å². The highest BCUT2D eigenvalue weighted by Gasteiger charge is 2.18. The number of rotatable bonds is 4. The molecule has 1 unspecified atom stereocenters. The molecule has 0 fully saturated rings. The van der Waals surface area contributed by atoms with Crippen molar-refractivity contribution < 1.29 is 19.0 Å². The molecule has 0 spiro atoms. The Labute approximate surface area is 127 Å². The molecule has 2 aromatic rings. The Balaban J connectivity index is 2.35. The number of benzene rings is 1. The third-order valence-electron chi connectivity index (χ3n) is 2.66. The summed E-state index contributed by atoms with van der Waals surface area (Å²) >= 11 is 6.55. The predicted molar refractivity (Wildman–Crippen MR) is 77.7 cm³/mol. The lowest BCUT2D eigenvalue weighted by atomic mass is 10.1. The van der Waals surface area contributed by atoms with Gasteiger partial charge in [0.15, 0.2) is 16.2 Å². The number of hydrogen-bond acceptors (Lipinski definition) is 4. The normalized spacial score (nSPS) is 12.3. The van der Waals surface area contributed by atoms with Crippen LogP contribution < -0.4 is 9.47 Å². The molecule has 0 amide bonds. The van der Waals surface area contributed by atoms with Crippen LogP contribution in [0.25, 0.3) is 0 Å². The van der Waals surface area contributed by atoms with Crippen molar-refractivity contribution in [3.8, 4) is 11.5 Å². The average molecular weight is 392 g/mol. The monoisotopic (exact) mass is 390 g/mol. The minimum absolute atomic E-state index is 0.436. The van der Waals surface area contributed by atoms with Gasteiger partial charge < -0.3 is 19.0 Å². The van der Waals surface area contributed by atoms with Crippen molar-refractivity contribution in [2.24, 2.45) is 0 Å². The summed E-state index contributed by atoms with van der Waals surface area (Å²) < 4.78 is 17.1. The van der Waals surface area contributed by atoms with Crippen molar-refractivity contribution in [2.45, 2.75) is 6.10 Å². The maximum Gasteiger partial charge on any atom is 0.183 e. The maximum absolute atomic E-state index is 10.3. The summed E-state index contributed by atoms with van der Waals surface area (Å²) in [6.45, 7) is 0. The van der Waals surface area contributed by atoms with E-state index in [1.807, 2.05) is 0 Å². The van der Waals surface area contributed by atoms with Crippen LogP contribution in [0.4, 0.5) is 0 Å². The predicted octanol–water partition coefficient (Wildman–Crippen LogP) is 3.90. The van der Waals surface area contributed by atoms with E-state index in [9.17, 15) is 5.11 Å². The first-order chi connectivity index (χ1) is 9.06. The van der Waals surface area contributed by atoms with Crippen LogP contribution >= 0.6 is 31.9 Å². The van der Waals surface area contributed by atoms with Crippen molar-refractivity contribution in [1.29, 1.82) is 0 Å². The third kappa shape index (κ3) is 2.96. The molecule has 0 saturated heterocycles. The zero-order valence-corrected chi connectivity index (χ0v) is 13.5. The fraction of sp³-hybridized carbons (Fsp3) is 0.231. The molecular formula is C13H12Br2O4. The van der Waals surface area contributed by atoms with Gasteiger partial charge in [-0.25, -0.2) is 0 Å². The van der Waals surface area contributed by atoms with Crippen LogP contribution in [0.1, 0.15) is 17.4 Å². The van der Waals surface area contributed by atoms with Gasteiger partial charge in [-0.15, -0.1) is 0 Å². The molecule has 19 heavy (non-hydrogen) atoms. The lowest BCUT2D eigenvalue weighted by Gasteiger charge is -2.12. The Morgan fingerprint density at radius 2 is 1.79 bits per heavy atom. The average Bonchev–Trinajstić information content (AvgIpc) is 2.77. The summed E-state index contributed by atoms with van der Waals surface area (Å²) in [6.07, 6.45) is -0.873. The molecule has 0 radical (unpaired) electrons. The topological polar surface area (TPSA) is 51.8 Å². The van der Waals surface area contributed by atoms with E-state index < -0.39 is 6.10 Å². The SMILES string of the molecule is COc1ccc(C(O)c2cc(Br)c(Br)o2)cc1OC. The molecule has 1 aromatic carbocycles. The molecule has 2 rings (SSSR count). The number of hydrogen-bond donors (Lipinski definition) is 1. The van der Waals surface area contributed by atoms with Gasteiger partial charge in [-0.3, -0.25) is 0 Å². The van der Waals surface area contributed by atoms with Gasteiger partial charge in [-0.05, 0) is 55.6 Å². The van der Waals surface area contributed by atoms with Crippen molar-refractivity contribution in [2.75, 3.05) is 14.2 Å². The van der Waals surface area contributed by atoms with Crippen molar-refractivity contribution in [3.05, 3.63) is 44.7 Å². The highest BCUT2D eigenvalue weighted by atomic mass is 79.9. The molecule has 0 bridgehead atoms. The van der Waals surface area contributed by atoms with E-state index in [2.05, 4.69) is 31.9 Å². The summed E-state index contributed by atoms with van der Waals surface area (Å²) in [5, 5.41) is 10.3. The van der Waals surface area contributed by atoms with Gasteiger partial charge in [0.1, 0.15) is 11.9 Å². The molecule has 1 atom stereocenters. The first-order valence-electron chi connectivity index (χ1n) is 5.41. The van der Waals surface area contributed by atoms with Gasteiger partial charge in [0.2, 0.25) is 0 Å². The Hall–Kier alpha value is -0.980. The highest BCUT2D eigenvalue weighted by Crippen LogP contribution is 2.35. The molecule has 0 saturated carbocycles. The molecule has 102 valence electrons. The quantitative estimate of drug-likeness (QED) is 0.858. The lowest BCUT2D eigenvalue weighted by molar-refractivity contribution is 0.187. The fourth-order valence-electron chi connectivity index (χ4n) is 1.69. The van der Waals surface area contributed by atoms with Gasteiger partial charge in [-0.2, -0.15) is 0 Å². The highest BCUT2D eigenvalue weighted by molar-refractivity contribution is 9.13. The van der Waals surface area contributed by atoms with Crippen LogP contribution in [0.2, 0.25) is 0 Å². The van der Waals surface area contributed by atoms with Crippen LogP contribution in [0, 0.1) is 0 Å². The standard InChI is InChI=1S/C13H12Br2O4/c1-17-9-4-3-7(5-10(9)18-2)12(16)11-6-8(14)13(15)19-11/h3-6,12,16H,1-2H3. The van der Waals surface area contributed by atoms with Crippen molar-refractivity contribution in [3.63, 3.8) is 0 Å². The molecule has 4 nitrogen and oxygen atoms in total. The van der Waals surface area contributed by atoms with Crippen LogP contribution in [-0.4, -0.2) is 19.3 Å². The lowest BCUT2D eigenvalue weighted by Crippen LogP contribution is -1.99. The largest absolute Gasteiger partial charge is 0.493 e. The van der Waals surface area contributed by atoms with Crippen LogP contribution in [0.5, 0.6) is 11.5 Å². The summed E-state index contributed by atoms with van der Waals surface area (Å²) in [7, 11) is 3.11. The Morgan fingerprint density at radius 1 is 1.11 bits per heavy atom. The van der Waals surface area contributed by atoms with E-state index in [0.717, 1.165) is 4.47 Å². The number of aliphatic hydroxyl groups is 1. The van der Waals surface area contributed by atoms with Gasteiger partial charge in [0, 0.05) is 0 Å². The van der Waals surface area contributed by atoms with Crippen LogP contribution in [-0.2, 0) is 0 Å². The second-order valence-electron chi connectivity index (χ2n) is 3.79. The van der Waals surface area contributed by atoms with Gasteiger partial charge in [-0.1, -0.05) is 6.07 Å². The van der Waals surface area contributed by atoms with E-state index in [-0.39, 0.29) is 0 Å². The number of aliphatic hydroxyl groups excluding tert-OH is 1. The van der Waals surface area contributed by atoms with E-state index in [0.29, 0.717) is 27.5 Å². The number of halogens is 2. The Bertz CT molecular complexity index is 561. The van der Waals surface area contributed by atoms with Crippen LogP contribution in [0.15, 0.2) is 37.8 Å². The van der Waals surface area contributed by atoms with Gasteiger partial charge >= 0.3 is 0 Å². The number of methoxy groups -OCH3 is 2. The van der Waals surface area contributed by atoms with Crippen LogP contribution in [0.3, 0.4) is 0 Å². The summed E-state index contributed by atoms with van der Waals surface area (Å²) in [5.41, 5.74) is 0.659. The minimum atomic E-state index is -0.873. The zero-order chi connectivity index (χ0) is 14.0. The third-order valence-corrected chi connectivity index (χ3v) is 4.37. The second-order valence-corrected chi connectivity index (χ2v) is 5.36. The molecule has 1 N–H and O–H groups in total. The first-order valence-corrected chi connectivity index (χ1v) is 7.00. The van der Waals surface area contributed by atoms with E-state index in [1.165, 1.54) is 0 Å². The van der Waals surface area contributed by atoms with Gasteiger partial charge in [0.25, 0.3) is 0 Å². The Kier molecular flexibility index (Phi) is 4.54. The minimum Gasteiger partial charge on any atom is -0.493 e. The summed E-state index contributed by atoms with van der Waals surface area (Å²) in [4.78, 5) is 0. The molecule has 1 aromatic heterocycles. The first kappa shape index (κ1) is 14.4. The molecular weight excluding hydrogens is 380 g/mol. The second kappa shape index (κ2) is 5.98. The maximum atomic E-state index is 10.3. The summed E-state index contributed by atoms with van der Waals surface area (Å²) in [6, 6.07) is 6.93. The van der Waals surface area contributed by atoms with Crippen molar-refractivity contribution >= 4 is 31.9 Å². The number of ether oxygens (including phenoxy) is 2. The van der Waals surface area contributed by atoms with E-state index in [1.54, 1.807) is 38.5 Å². The molecule has 0 aliphatic heterocycles. The molecule has 0 aliphatic rings.